The SMILES string of the molecule is CC(C)C[C@@H](N)c1ccccn1. The monoisotopic (exact) mass is 164 g/mol. The van der Waals surface area contributed by atoms with Crippen molar-refractivity contribution in [3.05, 3.63) is 30.1 Å². The van der Waals surface area contributed by atoms with Gasteiger partial charge in [0.2, 0.25) is 0 Å². The van der Waals surface area contributed by atoms with Crippen molar-refractivity contribution >= 4 is 0 Å². The van der Waals surface area contributed by atoms with E-state index >= 15 is 0 Å². The van der Waals surface area contributed by atoms with E-state index in [4.69, 9.17) is 5.73 Å². The molecule has 0 spiro atoms. The number of rotatable bonds is 3. The Kier molecular flexibility index (Phi) is 3.23. The first-order chi connectivity index (χ1) is 5.70. The lowest BCUT2D eigenvalue weighted by Crippen LogP contribution is -2.13. The molecule has 1 heterocycles. The molecule has 2 heteroatoms. The van der Waals surface area contributed by atoms with Gasteiger partial charge in [-0.25, -0.2) is 0 Å². The summed E-state index contributed by atoms with van der Waals surface area (Å²) in [6, 6.07) is 5.95. The molecular formula is C10H16N2. The highest BCUT2D eigenvalue weighted by Crippen LogP contribution is 2.15. The predicted octanol–water partition coefficient (Wildman–Crippen LogP) is 2.13. The van der Waals surface area contributed by atoms with Crippen molar-refractivity contribution in [2.75, 3.05) is 0 Å². The Balaban J connectivity index is 2.59. The van der Waals surface area contributed by atoms with Crippen LogP contribution in [-0.4, -0.2) is 4.98 Å². The van der Waals surface area contributed by atoms with Gasteiger partial charge in [0.1, 0.15) is 0 Å². The van der Waals surface area contributed by atoms with E-state index in [0.29, 0.717) is 5.92 Å². The lowest BCUT2D eigenvalue weighted by molar-refractivity contribution is 0.502. The van der Waals surface area contributed by atoms with Crippen LogP contribution in [0.3, 0.4) is 0 Å². The van der Waals surface area contributed by atoms with Crippen LogP contribution >= 0.6 is 0 Å². The summed E-state index contributed by atoms with van der Waals surface area (Å²) in [5.41, 5.74) is 6.93. The molecule has 0 unspecified atom stereocenters. The highest BCUT2D eigenvalue weighted by atomic mass is 14.8. The van der Waals surface area contributed by atoms with Crippen molar-refractivity contribution in [2.45, 2.75) is 26.3 Å². The van der Waals surface area contributed by atoms with Gasteiger partial charge in [-0.3, -0.25) is 4.98 Å². The van der Waals surface area contributed by atoms with Crippen LogP contribution in [0, 0.1) is 5.92 Å². The summed E-state index contributed by atoms with van der Waals surface area (Å²) >= 11 is 0. The van der Waals surface area contributed by atoms with Gasteiger partial charge in [-0.2, -0.15) is 0 Å². The molecule has 1 aromatic rings. The molecule has 0 saturated carbocycles. The lowest BCUT2D eigenvalue weighted by Gasteiger charge is -2.12. The van der Waals surface area contributed by atoms with Gasteiger partial charge in [0.05, 0.1) is 5.69 Å². The maximum absolute atomic E-state index is 5.93. The third-order valence-corrected chi connectivity index (χ3v) is 1.79. The Morgan fingerprint density at radius 1 is 1.42 bits per heavy atom. The summed E-state index contributed by atoms with van der Waals surface area (Å²) in [5.74, 6) is 0.627. The van der Waals surface area contributed by atoms with Crippen LogP contribution in [0.1, 0.15) is 32.0 Å². The van der Waals surface area contributed by atoms with Gasteiger partial charge in [0.25, 0.3) is 0 Å². The van der Waals surface area contributed by atoms with Crippen LogP contribution in [0.5, 0.6) is 0 Å². The van der Waals surface area contributed by atoms with Gasteiger partial charge >= 0.3 is 0 Å². The maximum atomic E-state index is 5.93. The molecule has 0 fully saturated rings. The van der Waals surface area contributed by atoms with Gasteiger partial charge in [-0.1, -0.05) is 19.9 Å². The zero-order valence-electron chi connectivity index (χ0n) is 7.70. The topological polar surface area (TPSA) is 38.9 Å². The fraction of sp³-hybridized carbons (Fsp3) is 0.500. The number of aromatic nitrogens is 1. The zero-order valence-corrected chi connectivity index (χ0v) is 7.70. The van der Waals surface area contributed by atoms with Gasteiger partial charge in [-0.15, -0.1) is 0 Å². The number of hydrogen-bond acceptors (Lipinski definition) is 2. The predicted molar refractivity (Wildman–Crippen MR) is 50.6 cm³/mol. The largest absolute Gasteiger partial charge is 0.323 e. The summed E-state index contributed by atoms with van der Waals surface area (Å²) in [6.07, 6.45) is 2.78. The van der Waals surface area contributed by atoms with E-state index < -0.39 is 0 Å². The van der Waals surface area contributed by atoms with E-state index in [-0.39, 0.29) is 6.04 Å². The first-order valence-electron chi connectivity index (χ1n) is 4.36. The summed E-state index contributed by atoms with van der Waals surface area (Å²) < 4.78 is 0. The molecule has 0 aliphatic rings. The number of pyridine rings is 1. The normalized spacial score (nSPS) is 13.3. The highest BCUT2D eigenvalue weighted by molar-refractivity contribution is 5.07. The number of nitrogens with two attached hydrogens (primary N) is 1. The maximum Gasteiger partial charge on any atom is 0.0571 e. The van der Waals surface area contributed by atoms with Crippen molar-refractivity contribution < 1.29 is 0 Å². The lowest BCUT2D eigenvalue weighted by atomic mass is 10.0. The molecule has 1 aromatic heterocycles. The standard InChI is InChI=1S/C10H16N2/c1-8(2)7-9(11)10-5-3-4-6-12-10/h3-6,8-9H,7,11H2,1-2H3/t9-/m1/s1. The van der Waals surface area contributed by atoms with Crippen molar-refractivity contribution in [3.63, 3.8) is 0 Å². The molecule has 2 nitrogen and oxygen atoms in total. The van der Waals surface area contributed by atoms with Crippen molar-refractivity contribution in [2.24, 2.45) is 11.7 Å². The van der Waals surface area contributed by atoms with Gasteiger partial charge < -0.3 is 5.73 Å². The second kappa shape index (κ2) is 4.21. The molecule has 1 rings (SSSR count). The van der Waals surface area contributed by atoms with Crippen molar-refractivity contribution in [1.29, 1.82) is 0 Å². The summed E-state index contributed by atoms with van der Waals surface area (Å²) in [4.78, 5) is 4.21. The average molecular weight is 164 g/mol. The van der Waals surface area contributed by atoms with Gasteiger partial charge in [0.15, 0.2) is 0 Å². The van der Waals surface area contributed by atoms with E-state index in [9.17, 15) is 0 Å². The van der Waals surface area contributed by atoms with Crippen LogP contribution in [-0.2, 0) is 0 Å². The highest BCUT2D eigenvalue weighted by Gasteiger charge is 2.07. The minimum absolute atomic E-state index is 0.0891. The Labute approximate surface area is 73.8 Å². The molecule has 0 aliphatic heterocycles. The fourth-order valence-electron chi connectivity index (χ4n) is 1.22. The molecule has 66 valence electrons. The minimum Gasteiger partial charge on any atom is -0.323 e. The van der Waals surface area contributed by atoms with Crippen LogP contribution in [0.2, 0.25) is 0 Å². The van der Waals surface area contributed by atoms with Crippen LogP contribution in [0.15, 0.2) is 24.4 Å². The summed E-state index contributed by atoms with van der Waals surface area (Å²) in [7, 11) is 0. The Morgan fingerprint density at radius 2 is 2.17 bits per heavy atom. The molecule has 0 radical (unpaired) electrons. The second-order valence-corrected chi connectivity index (χ2v) is 3.49. The van der Waals surface area contributed by atoms with Gasteiger partial charge in [0, 0.05) is 12.2 Å². The average Bonchev–Trinajstić information content (AvgIpc) is 2.05. The molecule has 0 saturated heterocycles. The molecule has 0 aliphatic carbocycles. The quantitative estimate of drug-likeness (QED) is 0.743. The first-order valence-corrected chi connectivity index (χ1v) is 4.36. The van der Waals surface area contributed by atoms with E-state index in [0.717, 1.165) is 12.1 Å². The van der Waals surface area contributed by atoms with Crippen LogP contribution in [0.25, 0.3) is 0 Å². The van der Waals surface area contributed by atoms with Gasteiger partial charge in [-0.05, 0) is 24.5 Å². The van der Waals surface area contributed by atoms with E-state index in [2.05, 4.69) is 18.8 Å². The molecule has 0 amide bonds. The van der Waals surface area contributed by atoms with Crippen LogP contribution in [0.4, 0.5) is 0 Å². The Hall–Kier alpha value is -0.890. The van der Waals surface area contributed by atoms with E-state index in [1.54, 1.807) is 6.20 Å². The molecule has 1 atom stereocenters. The van der Waals surface area contributed by atoms with E-state index in [1.165, 1.54) is 0 Å². The van der Waals surface area contributed by atoms with Crippen LogP contribution < -0.4 is 5.73 Å². The third-order valence-electron chi connectivity index (χ3n) is 1.79. The number of nitrogens with zero attached hydrogens (tertiary/aromatic N) is 1. The Morgan fingerprint density at radius 3 is 2.67 bits per heavy atom. The molecule has 2 N–H and O–H groups in total. The molecule has 0 bridgehead atoms. The third kappa shape index (κ3) is 2.62. The summed E-state index contributed by atoms with van der Waals surface area (Å²) in [5, 5.41) is 0. The molecule has 12 heavy (non-hydrogen) atoms. The molecule has 0 aromatic carbocycles. The second-order valence-electron chi connectivity index (χ2n) is 3.49. The minimum atomic E-state index is 0.0891. The smallest absolute Gasteiger partial charge is 0.0571 e. The van der Waals surface area contributed by atoms with Crippen molar-refractivity contribution in [1.82, 2.24) is 4.98 Å². The molecular weight excluding hydrogens is 148 g/mol. The Bertz CT molecular complexity index is 219. The van der Waals surface area contributed by atoms with E-state index in [1.807, 2.05) is 18.2 Å². The van der Waals surface area contributed by atoms with Crippen molar-refractivity contribution in [3.8, 4) is 0 Å². The first kappa shape index (κ1) is 9.20. The fourth-order valence-corrected chi connectivity index (χ4v) is 1.22. The number of hydrogen-bond donors (Lipinski definition) is 1. The zero-order chi connectivity index (χ0) is 8.97. The summed E-state index contributed by atoms with van der Waals surface area (Å²) in [6.45, 7) is 4.34.